The first-order valence-electron chi connectivity index (χ1n) is 11.2. The third-order valence-corrected chi connectivity index (χ3v) is 6.56. The highest BCUT2D eigenvalue weighted by atomic mass is 35.5. The lowest BCUT2D eigenvalue weighted by Crippen LogP contribution is -2.20. The molecule has 4 rings (SSSR count). The number of nitrogens with one attached hydrogen (secondary N) is 1. The number of hydrogen-bond acceptors (Lipinski definition) is 8. The molecular weight excluding hydrogens is 535 g/mol. The molecule has 11 nitrogen and oxygen atoms in total. The maximum Gasteiger partial charge on any atom is 0.277 e. The van der Waals surface area contributed by atoms with Gasteiger partial charge in [-0.2, -0.15) is 5.10 Å². The lowest BCUT2D eigenvalue weighted by atomic mass is 10.1. The maximum absolute atomic E-state index is 13.5. The first-order valence-corrected chi connectivity index (χ1v) is 12.0. The van der Waals surface area contributed by atoms with Crippen LogP contribution in [0, 0.1) is 0 Å². The van der Waals surface area contributed by atoms with Gasteiger partial charge >= 0.3 is 0 Å². The lowest BCUT2D eigenvalue weighted by molar-refractivity contribution is -0.111. The summed E-state index contributed by atoms with van der Waals surface area (Å²) in [6.07, 6.45) is 4.12. The Morgan fingerprint density at radius 2 is 1.82 bits per heavy atom. The smallest absolute Gasteiger partial charge is 0.277 e. The van der Waals surface area contributed by atoms with Crippen LogP contribution in [0.2, 0.25) is 10.0 Å². The van der Waals surface area contributed by atoms with Gasteiger partial charge in [0.15, 0.2) is 5.82 Å². The molecule has 0 saturated carbocycles. The van der Waals surface area contributed by atoms with E-state index in [9.17, 15) is 9.59 Å². The average molecular weight is 559 g/mol. The third kappa shape index (κ3) is 4.83. The number of halogens is 2. The van der Waals surface area contributed by atoms with Crippen molar-refractivity contribution in [3.8, 4) is 34.3 Å². The second kappa shape index (κ2) is 11.2. The van der Waals surface area contributed by atoms with E-state index in [0.29, 0.717) is 52.7 Å². The van der Waals surface area contributed by atoms with Crippen molar-refractivity contribution in [2.24, 2.45) is 7.05 Å². The first kappa shape index (κ1) is 27.1. The quantitative estimate of drug-likeness (QED) is 0.306. The standard InChI is InChI=1S/C25H24Cl2N6O5/c1-6-18(34)30-14-12-29-33(7-8-36-3)23(14)24-28-11-13-9-15(32(2)25(35)22(13)31-24)19-20(26)16(37-4)10-17(38-5)21(19)27/h6,9-12H,1,7-8H2,2-5H3,(H,30,34). The highest BCUT2D eigenvalue weighted by molar-refractivity contribution is 6.41. The normalized spacial score (nSPS) is 11.0. The molecule has 0 saturated heterocycles. The number of carbonyl (C=O) groups excluding carboxylic acids is 1. The molecule has 4 aromatic rings. The minimum absolute atomic E-state index is 0.142. The van der Waals surface area contributed by atoms with Crippen LogP contribution in [0.3, 0.4) is 0 Å². The summed E-state index contributed by atoms with van der Waals surface area (Å²) in [7, 11) is 6.08. The zero-order chi connectivity index (χ0) is 27.6. The Hall–Kier alpha value is -3.93. The topological polar surface area (TPSA) is 122 Å². The van der Waals surface area contributed by atoms with Gasteiger partial charge in [-0.1, -0.05) is 29.8 Å². The Kier molecular flexibility index (Phi) is 8.00. The van der Waals surface area contributed by atoms with E-state index in [0.717, 1.165) is 6.08 Å². The van der Waals surface area contributed by atoms with Gasteiger partial charge in [0.05, 0.1) is 55.0 Å². The van der Waals surface area contributed by atoms with E-state index in [1.807, 2.05) is 0 Å². The van der Waals surface area contributed by atoms with Crippen LogP contribution in [0.1, 0.15) is 0 Å². The summed E-state index contributed by atoms with van der Waals surface area (Å²) < 4.78 is 18.9. The van der Waals surface area contributed by atoms with Crippen molar-refractivity contribution in [3.63, 3.8) is 0 Å². The van der Waals surface area contributed by atoms with Crippen LogP contribution in [-0.2, 0) is 23.1 Å². The molecular formula is C25H24Cl2N6O5. The van der Waals surface area contributed by atoms with Crippen molar-refractivity contribution in [3.05, 3.63) is 57.6 Å². The Labute approximate surface area is 227 Å². The molecule has 13 heteroatoms. The summed E-state index contributed by atoms with van der Waals surface area (Å²) in [6, 6.07) is 3.27. The molecule has 0 aliphatic rings. The fourth-order valence-electron chi connectivity index (χ4n) is 3.89. The van der Waals surface area contributed by atoms with E-state index in [-0.39, 0.29) is 21.4 Å². The average Bonchev–Trinajstić information content (AvgIpc) is 3.32. The number of rotatable bonds is 9. The minimum Gasteiger partial charge on any atom is -0.495 e. The minimum atomic E-state index is -0.429. The molecule has 38 heavy (non-hydrogen) atoms. The van der Waals surface area contributed by atoms with Crippen LogP contribution >= 0.6 is 23.2 Å². The summed E-state index contributed by atoms with van der Waals surface area (Å²) in [5.41, 5.74) is 1.27. The number of pyridine rings is 1. The van der Waals surface area contributed by atoms with Gasteiger partial charge < -0.3 is 24.1 Å². The second-order valence-corrected chi connectivity index (χ2v) is 8.75. The van der Waals surface area contributed by atoms with E-state index < -0.39 is 11.5 Å². The second-order valence-electron chi connectivity index (χ2n) is 7.99. The van der Waals surface area contributed by atoms with Crippen LogP contribution < -0.4 is 20.3 Å². The van der Waals surface area contributed by atoms with Crippen LogP contribution in [0.15, 0.2) is 42.0 Å². The van der Waals surface area contributed by atoms with E-state index in [1.54, 1.807) is 31.0 Å². The Bertz CT molecular complexity index is 1590. The van der Waals surface area contributed by atoms with Crippen LogP contribution in [0.25, 0.3) is 33.7 Å². The number of carbonyl (C=O) groups is 1. The van der Waals surface area contributed by atoms with Gasteiger partial charge in [-0.3, -0.25) is 14.3 Å². The Morgan fingerprint density at radius 3 is 2.42 bits per heavy atom. The summed E-state index contributed by atoms with van der Waals surface area (Å²) >= 11 is 13.2. The lowest BCUT2D eigenvalue weighted by Gasteiger charge is -2.17. The van der Waals surface area contributed by atoms with Crippen molar-refractivity contribution >= 4 is 45.7 Å². The Morgan fingerprint density at radius 1 is 1.13 bits per heavy atom. The first-order chi connectivity index (χ1) is 18.2. The molecule has 0 fully saturated rings. The van der Waals surface area contributed by atoms with Crippen molar-refractivity contribution in [1.82, 2.24) is 24.3 Å². The summed E-state index contributed by atoms with van der Waals surface area (Å²) in [6.45, 7) is 4.19. The van der Waals surface area contributed by atoms with Gasteiger partial charge in [0.1, 0.15) is 22.7 Å². The number of amides is 1. The van der Waals surface area contributed by atoms with Crippen molar-refractivity contribution < 1.29 is 19.0 Å². The van der Waals surface area contributed by atoms with Crippen molar-refractivity contribution in [2.45, 2.75) is 6.54 Å². The molecule has 0 unspecified atom stereocenters. The van der Waals surface area contributed by atoms with Gasteiger partial charge in [0, 0.05) is 37.4 Å². The molecule has 0 spiro atoms. The van der Waals surface area contributed by atoms with Crippen LogP contribution in [0.5, 0.6) is 11.5 Å². The van der Waals surface area contributed by atoms with E-state index >= 15 is 0 Å². The maximum atomic E-state index is 13.5. The van der Waals surface area contributed by atoms with E-state index in [1.165, 1.54) is 31.2 Å². The molecule has 0 aliphatic carbocycles. The van der Waals surface area contributed by atoms with Gasteiger partial charge in [-0.15, -0.1) is 0 Å². The Balaban J connectivity index is 1.93. The highest BCUT2D eigenvalue weighted by Crippen LogP contribution is 2.45. The van der Waals surface area contributed by atoms with Crippen molar-refractivity contribution in [2.75, 3.05) is 33.3 Å². The van der Waals surface area contributed by atoms with Gasteiger partial charge in [-0.25, -0.2) is 9.97 Å². The summed E-state index contributed by atoms with van der Waals surface area (Å²) in [5, 5.41) is 7.89. The molecule has 1 N–H and O–H groups in total. The predicted molar refractivity (Wildman–Crippen MR) is 145 cm³/mol. The SMILES string of the molecule is C=CC(=O)Nc1cnn(CCOC)c1-c1ncc2cc(-c3c(Cl)c(OC)cc(OC)c3Cl)n(C)c(=O)c2n1. The molecule has 0 atom stereocenters. The molecule has 3 aromatic heterocycles. The fourth-order valence-corrected chi connectivity index (χ4v) is 4.58. The number of aromatic nitrogens is 5. The highest BCUT2D eigenvalue weighted by Gasteiger charge is 2.23. The zero-order valence-corrected chi connectivity index (χ0v) is 22.6. The molecule has 3 heterocycles. The molecule has 1 aromatic carbocycles. The largest absolute Gasteiger partial charge is 0.495 e. The number of fused-ring (bicyclic) bond motifs is 1. The van der Waals surface area contributed by atoms with Crippen molar-refractivity contribution in [1.29, 1.82) is 0 Å². The molecule has 198 valence electrons. The van der Waals surface area contributed by atoms with Crippen LogP contribution in [-0.4, -0.2) is 58.2 Å². The predicted octanol–water partition coefficient (Wildman–Crippen LogP) is 3.95. The molecule has 0 radical (unpaired) electrons. The number of anilines is 1. The fraction of sp³-hybridized carbons (Fsp3) is 0.240. The zero-order valence-electron chi connectivity index (χ0n) is 21.0. The van der Waals surface area contributed by atoms with Gasteiger partial charge in [0.2, 0.25) is 5.91 Å². The molecule has 1 amide bonds. The van der Waals surface area contributed by atoms with E-state index in [2.05, 4.69) is 27.0 Å². The molecule has 0 bridgehead atoms. The summed E-state index contributed by atoms with van der Waals surface area (Å²) in [4.78, 5) is 34.6. The third-order valence-electron chi connectivity index (χ3n) is 5.81. The number of hydrogen-bond donors (Lipinski definition) is 1. The number of methoxy groups -OCH3 is 3. The number of benzene rings is 1. The van der Waals surface area contributed by atoms with Crippen LogP contribution in [0.4, 0.5) is 5.69 Å². The number of nitrogens with zero attached hydrogens (tertiary/aromatic N) is 5. The number of ether oxygens (including phenoxy) is 3. The van der Waals surface area contributed by atoms with E-state index in [4.69, 9.17) is 37.4 Å². The van der Waals surface area contributed by atoms with Gasteiger partial charge in [-0.05, 0) is 12.1 Å². The van der Waals surface area contributed by atoms with Gasteiger partial charge in [0.25, 0.3) is 5.56 Å². The molecule has 0 aliphatic heterocycles. The monoisotopic (exact) mass is 558 g/mol. The summed E-state index contributed by atoms with van der Waals surface area (Å²) in [5.74, 6) is 0.428.